The van der Waals surface area contributed by atoms with Gasteiger partial charge in [0, 0.05) is 26.8 Å². The molecule has 1 aliphatic carbocycles. The molecule has 7 heteroatoms. The average Bonchev–Trinajstić information content (AvgIpc) is 3.41. The molecule has 0 amide bonds. The predicted molar refractivity (Wildman–Crippen MR) is 112 cm³/mol. The number of guanidine groups is 1. The van der Waals surface area contributed by atoms with E-state index < -0.39 is 0 Å². The Morgan fingerprint density at radius 2 is 2.17 bits per heavy atom. The number of hydrogen-bond donors (Lipinski definition) is 2. The van der Waals surface area contributed by atoms with Crippen LogP contribution in [0.15, 0.2) is 23.2 Å². The van der Waals surface area contributed by atoms with Gasteiger partial charge in [0.15, 0.2) is 17.5 Å². The first-order chi connectivity index (χ1) is 14.2. The van der Waals surface area contributed by atoms with Gasteiger partial charge in [-0.1, -0.05) is 6.07 Å². The van der Waals surface area contributed by atoms with Crippen LogP contribution >= 0.6 is 0 Å². The van der Waals surface area contributed by atoms with E-state index in [0.717, 1.165) is 38.0 Å². The van der Waals surface area contributed by atoms with Crippen molar-refractivity contribution < 1.29 is 18.6 Å². The van der Waals surface area contributed by atoms with Crippen LogP contribution < -0.4 is 15.4 Å². The summed E-state index contributed by atoms with van der Waals surface area (Å²) in [5.74, 6) is 1.30. The van der Waals surface area contributed by atoms with Crippen LogP contribution in [0, 0.1) is 11.7 Å². The second-order valence-corrected chi connectivity index (χ2v) is 7.87. The quantitative estimate of drug-likeness (QED) is 0.334. The van der Waals surface area contributed by atoms with Crippen LogP contribution in [0.3, 0.4) is 0 Å². The molecule has 2 atom stereocenters. The largest absolute Gasteiger partial charge is 0.490 e. The van der Waals surface area contributed by atoms with E-state index in [1.54, 1.807) is 13.1 Å². The third-order valence-electron chi connectivity index (χ3n) is 5.29. The van der Waals surface area contributed by atoms with Gasteiger partial charge in [-0.05, 0) is 62.6 Å². The molecule has 0 radical (unpaired) electrons. The average molecular weight is 408 g/mol. The van der Waals surface area contributed by atoms with Gasteiger partial charge in [-0.3, -0.25) is 4.99 Å². The number of hydrogen-bond acceptors (Lipinski definition) is 4. The van der Waals surface area contributed by atoms with Gasteiger partial charge in [0.25, 0.3) is 0 Å². The maximum absolute atomic E-state index is 14.3. The van der Waals surface area contributed by atoms with E-state index in [-0.39, 0.29) is 18.0 Å². The molecule has 0 spiro atoms. The summed E-state index contributed by atoms with van der Waals surface area (Å²) in [6, 6.07) is 5.07. The first-order valence-corrected chi connectivity index (χ1v) is 10.7. The third kappa shape index (κ3) is 7.48. The van der Waals surface area contributed by atoms with Gasteiger partial charge >= 0.3 is 0 Å². The minimum Gasteiger partial charge on any atom is -0.490 e. The van der Waals surface area contributed by atoms with E-state index in [4.69, 9.17) is 14.2 Å². The lowest BCUT2D eigenvalue weighted by atomic mass is 10.1. The number of ether oxygens (including phenoxy) is 3. The fourth-order valence-electron chi connectivity index (χ4n) is 3.25. The Morgan fingerprint density at radius 3 is 2.86 bits per heavy atom. The highest BCUT2D eigenvalue weighted by atomic mass is 19.1. The zero-order chi connectivity index (χ0) is 20.5. The molecule has 1 heterocycles. The smallest absolute Gasteiger partial charge is 0.191 e. The summed E-state index contributed by atoms with van der Waals surface area (Å²) in [7, 11) is 1.73. The minimum atomic E-state index is -0.317. The molecule has 1 saturated carbocycles. The van der Waals surface area contributed by atoms with Gasteiger partial charge in [-0.2, -0.15) is 0 Å². The lowest BCUT2D eigenvalue weighted by Gasteiger charge is -2.19. The first kappa shape index (κ1) is 21.8. The lowest BCUT2D eigenvalue weighted by molar-refractivity contribution is 0.0168. The second-order valence-electron chi connectivity index (χ2n) is 7.87. The highest BCUT2D eigenvalue weighted by molar-refractivity contribution is 5.80. The van der Waals surface area contributed by atoms with E-state index in [1.165, 1.54) is 18.9 Å². The Balaban J connectivity index is 1.35. The number of aliphatic imine (C=N–C) groups is 1. The van der Waals surface area contributed by atoms with Crippen molar-refractivity contribution in [3.8, 4) is 5.75 Å². The van der Waals surface area contributed by atoms with E-state index in [0.29, 0.717) is 37.4 Å². The van der Waals surface area contributed by atoms with Crippen molar-refractivity contribution in [3.63, 3.8) is 0 Å². The molecule has 1 saturated heterocycles. The lowest BCUT2D eigenvalue weighted by Crippen LogP contribution is -2.39. The molecule has 2 unspecified atom stereocenters. The molecule has 2 N–H and O–H groups in total. The Labute approximate surface area is 173 Å². The van der Waals surface area contributed by atoms with Crippen LogP contribution in [0.25, 0.3) is 0 Å². The van der Waals surface area contributed by atoms with Crippen molar-refractivity contribution in [2.24, 2.45) is 10.9 Å². The summed E-state index contributed by atoms with van der Waals surface area (Å²) in [6.07, 6.45) is 5.76. The zero-order valence-electron chi connectivity index (χ0n) is 17.6. The molecule has 6 nitrogen and oxygen atoms in total. The second kappa shape index (κ2) is 11.4. The molecular formula is C22H34FN3O3. The molecule has 3 rings (SSSR count). The molecule has 162 valence electrons. The van der Waals surface area contributed by atoms with Crippen molar-refractivity contribution in [3.05, 3.63) is 29.6 Å². The molecule has 0 bridgehead atoms. The number of halogens is 1. The highest BCUT2D eigenvalue weighted by Gasteiger charge is 2.22. The highest BCUT2D eigenvalue weighted by Crippen LogP contribution is 2.30. The van der Waals surface area contributed by atoms with Crippen LogP contribution in [0.1, 0.15) is 50.6 Å². The summed E-state index contributed by atoms with van der Waals surface area (Å²) in [5, 5.41) is 6.57. The van der Waals surface area contributed by atoms with Crippen LogP contribution in [0.5, 0.6) is 5.75 Å². The minimum absolute atomic E-state index is 0.0797. The van der Waals surface area contributed by atoms with Crippen molar-refractivity contribution in [2.45, 2.75) is 51.2 Å². The van der Waals surface area contributed by atoms with Crippen molar-refractivity contribution in [1.82, 2.24) is 10.6 Å². The monoisotopic (exact) mass is 407 g/mol. The van der Waals surface area contributed by atoms with Crippen molar-refractivity contribution >= 4 is 5.96 Å². The van der Waals surface area contributed by atoms with Gasteiger partial charge in [-0.15, -0.1) is 0 Å². The maximum Gasteiger partial charge on any atom is 0.191 e. The van der Waals surface area contributed by atoms with E-state index in [2.05, 4.69) is 15.6 Å². The topological polar surface area (TPSA) is 64.1 Å². The fourth-order valence-corrected chi connectivity index (χ4v) is 3.25. The summed E-state index contributed by atoms with van der Waals surface area (Å²) in [5.41, 5.74) is 0.851. The number of nitrogens with zero attached hydrogens (tertiary/aromatic N) is 1. The van der Waals surface area contributed by atoms with Crippen LogP contribution in [-0.4, -0.2) is 52.1 Å². The Hall–Kier alpha value is -1.86. The molecule has 29 heavy (non-hydrogen) atoms. The Morgan fingerprint density at radius 1 is 1.31 bits per heavy atom. The normalized spacial score (nSPS) is 20.5. The van der Waals surface area contributed by atoms with Gasteiger partial charge in [-0.25, -0.2) is 4.39 Å². The Bertz CT molecular complexity index is 661. The third-order valence-corrected chi connectivity index (χ3v) is 5.29. The van der Waals surface area contributed by atoms with E-state index >= 15 is 0 Å². The van der Waals surface area contributed by atoms with E-state index in [9.17, 15) is 4.39 Å². The molecule has 2 aliphatic rings. The molecular weight excluding hydrogens is 373 g/mol. The number of benzene rings is 1. The molecule has 1 aliphatic heterocycles. The molecule has 1 aromatic carbocycles. The van der Waals surface area contributed by atoms with Gasteiger partial charge in [0.2, 0.25) is 0 Å². The Kier molecular flexibility index (Phi) is 8.55. The van der Waals surface area contributed by atoms with Crippen molar-refractivity contribution in [2.75, 3.05) is 40.0 Å². The molecule has 0 aromatic heterocycles. The fraction of sp³-hybridized carbons (Fsp3) is 0.682. The zero-order valence-corrected chi connectivity index (χ0v) is 17.6. The summed E-state index contributed by atoms with van der Waals surface area (Å²) in [4.78, 5) is 4.25. The number of nitrogens with one attached hydrogen (secondary N) is 2. The summed E-state index contributed by atoms with van der Waals surface area (Å²) < 4.78 is 31.1. The van der Waals surface area contributed by atoms with Gasteiger partial charge < -0.3 is 24.8 Å². The standard InChI is InChI=1S/C22H34FN3O3/c1-16(18-8-9-21(20(23)13-18)29-14-17-6-7-17)26-22(24-2)25-10-4-11-27-15-19-5-3-12-28-19/h8-9,13,16-17,19H,3-7,10-12,14-15H2,1-2H3,(H2,24,25,26). The SMILES string of the molecule is CN=C(NCCCOCC1CCCO1)NC(C)c1ccc(OCC2CC2)c(F)c1. The molecule has 2 fully saturated rings. The van der Waals surface area contributed by atoms with Gasteiger partial charge in [0.1, 0.15) is 0 Å². The van der Waals surface area contributed by atoms with Crippen LogP contribution in [0.2, 0.25) is 0 Å². The predicted octanol–water partition coefficient (Wildman–Crippen LogP) is 3.43. The summed E-state index contributed by atoms with van der Waals surface area (Å²) in [6.45, 7) is 5.56. The molecule has 1 aromatic rings. The van der Waals surface area contributed by atoms with Crippen molar-refractivity contribution in [1.29, 1.82) is 0 Å². The van der Waals surface area contributed by atoms with E-state index in [1.807, 2.05) is 13.0 Å². The first-order valence-electron chi connectivity index (χ1n) is 10.7. The van der Waals surface area contributed by atoms with Crippen LogP contribution in [-0.2, 0) is 9.47 Å². The van der Waals surface area contributed by atoms with Crippen LogP contribution in [0.4, 0.5) is 4.39 Å². The maximum atomic E-state index is 14.3. The number of rotatable bonds is 11. The van der Waals surface area contributed by atoms with Gasteiger partial charge in [0.05, 0.1) is 25.4 Å². The summed E-state index contributed by atoms with van der Waals surface area (Å²) >= 11 is 0.